The number of hydrogen-bond donors (Lipinski definition) is 0. The molecular formula is C28H48O5. The maximum absolute atomic E-state index is 12.0. The average Bonchev–Trinajstić information content (AvgIpc) is 2.82. The number of ether oxygens (including phenoxy) is 3. The van der Waals surface area contributed by atoms with Gasteiger partial charge in [-0.1, -0.05) is 83.6 Å². The summed E-state index contributed by atoms with van der Waals surface area (Å²) in [6.45, 7) is 7.36. The molecule has 0 amide bonds. The highest BCUT2D eigenvalue weighted by Gasteiger charge is 2.10. The topological polar surface area (TPSA) is 61.8 Å². The molecular weight excluding hydrogens is 416 g/mol. The highest BCUT2D eigenvalue weighted by atomic mass is 16.6. The van der Waals surface area contributed by atoms with Crippen LogP contribution in [0.25, 0.3) is 0 Å². The van der Waals surface area contributed by atoms with Crippen molar-refractivity contribution in [2.45, 2.75) is 111 Å². The van der Waals surface area contributed by atoms with E-state index in [1.807, 2.05) is 24.3 Å². The SMILES string of the molecule is CCCCC/C=C/COC(=O)CCC(=O)OC/C(=C\CCCCC)OC/C=C/CCCCC. The van der Waals surface area contributed by atoms with E-state index in [4.69, 9.17) is 14.2 Å². The second-order valence-electron chi connectivity index (χ2n) is 8.26. The Bertz CT molecular complexity index is 563. The van der Waals surface area contributed by atoms with Gasteiger partial charge < -0.3 is 14.2 Å². The van der Waals surface area contributed by atoms with Crippen LogP contribution in [0.4, 0.5) is 0 Å². The zero-order valence-electron chi connectivity index (χ0n) is 21.4. The van der Waals surface area contributed by atoms with Gasteiger partial charge in [-0.05, 0) is 44.6 Å². The van der Waals surface area contributed by atoms with Crippen LogP contribution in [0.5, 0.6) is 0 Å². The smallest absolute Gasteiger partial charge is 0.306 e. The Morgan fingerprint density at radius 1 is 0.576 bits per heavy atom. The van der Waals surface area contributed by atoms with Gasteiger partial charge in [-0.25, -0.2) is 0 Å². The number of unbranched alkanes of at least 4 members (excludes halogenated alkanes) is 9. The Balaban J connectivity index is 4.19. The molecule has 0 aliphatic rings. The molecule has 0 aliphatic heterocycles. The van der Waals surface area contributed by atoms with Crippen LogP contribution in [-0.4, -0.2) is 31.8 Å². The average molecular weight is 465 g/mol. The van der Waals surface area contributed by atoms with Crippen molar-refractivity contribution in [3.8, 4) is 0 Å². The van der Waals surface area contributed by atoms with Crippen LogP contribution >= 0.6 is 0 Å². The fourth-order valence-corrected chi connectivity index (χ4v) is 3.01. The lowest BCUT2D eigenvalue weighted by molar-refractivity contribution is -0.149. The monoisotopic (exact) mass is 464 g/mol. The van der Waals surface area contributed by atoms with Gasteiger partial charge in [0, 0.05) is 0 Å². The first-order valence-electron chi connectivity index (χ1n) is 13.1. The quantitative estimate of drug-likeness (QED) is 0.0714. The number of carbonyl (C=O) groups excluding carboxylic acids is 2. The third-order valence-electron chi connectivity index (χ3n) is 5.08. The van der Waals surface area contributed by atoms with Crippen molar-refractivity contribution in [1.29, 1.82) is 0 Å². The van der Waals surface area contributed by atoms with Gasteiger partial charge in [0.1, 0.15) is 25.6 Å². The maximum Gasteiger partial charge on any atom is 0.306 e. The summed E-state index contributed by atoms with van der Waals surface area (Å²) in [5.74, 6) is -0.126. The summed E-state index contributed by atoms with van der Waals surface area (Å²) in [6, 6.07) is 0. The number of carbonyl (C=O) groups is 2. The van der Waals surface area contributed by atoms with Crippen molar-refractivity contribution in [3.63, 3.8) is 0 Å². The van der Waals surface area contributed by atoms with Crippen molar-refractivity contribution in [2.75, 3.05) is 19.8 Å². The molecule has 0 aromatic carbocycles. The lowest BCUT2D eigenvalue weighted by Crippen LogP contribution is -2.12. The molecule has 0 aromatic rings. The first kappa shape index (κ1) is 31.0. The van der Waals surface area contributed by atoms with Gasteiger partial charge >= 0.3 is 11.9 Å². The Hall–Kier alpha value is -2.04. The van der Waals surface area contributed by atoms with Gasteiger partial charge in [0.25, 0.3) is 0 Å². The van der Waals surface area contributed by atoms with Gasteiger partial charge in [0.05, 0.1) is 12.8 Å². The van der Waals surface area contributed by atoms with E-state index < -0.39 is 5.97 Å². The Morgan fingerprint density at radius 3 is 1.61 bits per heavy atom. The molecule has 0 saturated carbocycles. The molecule has 0 bridgehead atoms. The molecule has 0 atom stereocenters. The zero-order chi connectivity index (χ0) is 24.4. The van der Waals surface area contributed by atoms with Crippen LogP contribution in [0.2, 0.25) is 0 Å². The van der Waals surface area contributed by atoms with Crippen LogP contribution < -0.4 is 0 Å². The number of allylic oxidation sites excluding steroid dienone is 3. The highest BCUT2D eigenvalue weighted by Crippen LogP contribution is 2.08. The zero-order valence-corrected chi connectivity index (χ0v) is 21.4. The fourth-order valence-electron chi connectivity index (χ4n) is 3.01. The minimum Gasteiger partial charge on any atom is -0.491 e. The van der Waals surface area contributed by atoms with E-state index in [0.29, 0.717) is 12.4 Å². The van der Waals surface area contributed by atoms with Gasteiger partial charge in [-0.15, -0.1) is 0 Å². The predicted octanol–water partition coefficient (Wildman–Crippen LogP) is 7.61. The second kappa shape index (κ2) is 24.6. The van der Waals surface area contributed by atoms with E-state index in [-0.39, 0.29) is 32.0 Å². The standard InChI is InChI=1S/C28H48O5/c1-4-7-10-13-15-18-23-31-26(20-17-12-9-6-3)25-33-28(30)22-21-27(29)32-24-19-16-14-11-8-5-2/h15-16,18-20H,4-14,17,21-25H2,1-3H3/b18-15+,19-16+,26-20+. The Morgan fingerprint density at radius 2 is 1.06 bits per heavy atom. The molecule has 33 heavy (non-hydrogen) atoms. The first-order chi connectivity index (χ1) is 16.1. The fraction of sp³-hybridized carbons (Fsp3) is 0.714. The molecule has 0 saturated heterocycles. The van der Waals surface area contributed by atoms with E-state index in [9.17, 15) is 9.59 Å². The molecule has 5 heteroatoms. The molecule has 5 nitrogen and oxygen atoms in total. The molecule has 0 N–H and O–H groups in total. The highest BCUT2D eigenvalue weighted by molar-refractivity contribution is 5.77. The molecule has 0 rings (SSSR count). The van der Waals surface area contributed by atoms with Gasteiger partial charge in [-0.2, -0.15) is 0 Å². The van der Waals surface area contributed by atoms with Crippen molar-refractivity contribution in [3.05, 3.63) is 36.1 Å². The largest absolute Gasteiger partial charge is 0.491 e. The van der Waals surface area contributed by atoms with Crippen LogP contribution in [0.3, 0.4) is 0 Å². The summed E-state index contributed by atoms with van der Waals surface area (Å²) in [4.78, 5) is 23.8. The van der Waals surface area contributed by atoms with E-state index in [1.54, 1.807) is 0 Å². The number of esters is 2. The third kappa shape index (κ3) is 22.9. The van der Waals surface area contributed by atoms with Crippen LogP contribution in [-0.2, 0) is 23.8 Å². The third-order valence-corrected chi connectivity index (χ3v) is 5.08. The van der Waals surface area contributed by atoms with Crippen LogP contribution in [0, 0.1) is 0 Å². The van der Waals surface area contributed by atoms with Crippen molar-refractivity contribution in [2.24, 2.45) is 0 Å². The summed E-state index contributed by atoms with van der Waals surface area (Å²) in [7, 11) is 0. The Labute approximate surface area is 202 Å². The van der Waals surface area contributed by atoms with Crippen molar-refractivity contribution in [1.82, 2.24) is 0 Å². The van der Waals surface area contributed by atoms with E-state index in [0.717, 1.165) is 44.9 Å². The Kier molecular flexibility index (Phi) is 23.1. The van der Waals surface area contributed by atoms with Gasteiger partial charge in [-0.3, -0.25) is 9.59 Å². The molecule has 0 aliphatic carbocycles. The molecule has 0 heterocycles. The number of hydrogen-bond acceptors (Lipinski definition) is 5. The van der Waals surface area contributed by atoms with Crippen molar-refractivity contribution >= 4 is 11.9 Å². The normalized spacial score (nSPS) is 11.9. The van der Waals surface area contributed by atoms with E-state index in [1.165, 1.54) is 32.1 Å². The first-order valence-corrected chi connectivity index (χ1v) is 13.1. The van der Waals surface area contributed by atoms with E-state index >= 15 is 0 Å². The summed E-state index contributed by atoms with van der Waals surface area (Å²) < 4.78 is 16.3. The van der Waals surface area contributed by atoms with Crippen LogP contribution in [0.15, 0.2) is 36.1 Å². The minimum absolute atomic E-state index is 0.0134. The van der Waals surface area contributed by atoms with E-state index in [2.05, 4.69) is 26.8 Å². The summed E-state index contributed by atoms with van der Waals surface area (Å²) in [5, 5.41) is 0. The van der Waals surface area contributed by atoms with Gasteiger partial charge in [0.2, 0.25) is 0 Å². The molecule has 190 valence electrons. The lowest BCUT2D eigenvalue weighted by Gasteiger charge is -2.10. The molecule has 0 radical (unpaired) electrons. The van der Waals surface area contributed by atoms with Crippen LogP contribution in [0.1, 0.15) is 111 Å². The van der Waals surface area contributed by atoms with Crippen molar-refractivity contribution < 1.29 is 23.8 Å². The molecule has 0 aromatic heterocycles. The predicted molar refractivity (Wildman–Crippen MR) is 136 cm³/mol. The van der Waals surface area contributed by atoms with Gasteiger partial charge in [0.15, 0.2) is 0 Å². The summed E-state index contributed by atoms with van der Waals surface area (Å²) in [6.07, 6.45) is 23.7. The number of rotatable bonds is 22. The minimum atomic E-state index is -0.416. The summed E-state index contributed by atoms with van der Waals surface area (Å²) in [5.41, 5.74) is 0. The lowest BCUT2D eigenvalue weighted by atomic mass is 10.2. The maximum atomic E-state index is 12.0. The summed E-state index contributed by atoms with van der Waals surface area (Å²) >= 11 is 0. The molecule has 0 fully saturated rings. The second-order valence-corrected chi connectivity index (χ2v) is 8.26. The molecule has 0 unspecified atom stereocenters. The molecule has 0 spiro atoms.